The molecule has 0 radical (unpaired) electrons. The summed E-state index contributed by atoms with van der Waals surface area (Å²) in [5, 5.41) is 18.0. The minimum Gasteiger partial charge on any atom is -0.393 e. The predicted molar refractivity (Wildman–Crippen MR) is 145 cm³/mol. The lowest BCUT2D eigenvalue weighted by atomic mass is 9.93. The summed E-state index contributed by atoms with van der Waals surface area (Å²) in [6, 6.07) is 9.93. The van der Waals surface area contributed by atoms with Crippen molar-refractivity contribution in [2.24, 2.45) is 0 Å². The average Bonchev–Trinajstić information content (AvgIpc) is 3.22. The van der Waals surface area contributed by atoms with Gasteiger partial charge in [-0.3, -0.25) is 4.90 Å². The smallest absolute Gasteiger partial charge is 0.224 e. The van der Waals surface area contributed by atoms with E-state index < -0.39 is 0 Å². The van der Waals surface area contributed by atoms with Crippen molar-refractivity contribution in [3.05, 3.63) is 42.2 Å². The Hall–Kier alpha value is -2.19. The van der Waals surface area contributed by atoms with E-state index in [1.54, 1.807) is 0 Å². The number of piperazine rings is 1. The van der Waals surface area contributed by atoms with Crippen molar-refractivity contribution in [3.8, 4) is 11.1 Å². The summed E-state index contributed by atoms with van der Waals surface area (Å²) >= 11 is 0. The summed E-state index contributed by atoms with van der Waals surface area (Å²) < 4.78 is 2.34. The first-order valence-electron chi connectivity index (χ1n) is 12.9. The van der Waals surface area contributed by atoms with Gasteiger partial charge in [0.1, 0.15) is 5.65 Å². The molecule has 0 amide bonds. The van der Waals surface area contributed by atoms with Gasteiger partial charge in [-0.15, -0.1) is 12.4 Å². The largest absolute Gasteiger partial charge is 0.393 e. The van der Waals surface area contributed by atoms with Crippen LogP contribution in [0.5, 0.6) is 0 Å². The highest BCUT2D eigenvalue weighted by molar-refractivity contribution is 5.94. The second-order valence-corrected chi connectivity index (χ2v) is 10.1. The van der Waals surface area contributed by atoms with Gasteiger partial charge in [0.2, 0.25) is 5.95 Å². The number of rotatable bonds is 7. The van der Waals surface area contributed by atoms with Crippen LogP contribution < -0.4 is 10.6 Å². The van der Waals surface area contributed by atoms with E-state index in [0.29, 0.717) is 18.0 Å². The first-order valence-corrected chi connectivity index (χ1v) is 12.9. The molecule has 1 saturated carbocycles. The van der Waals surface area contributed by atoms with E-state index in [0.717, 1.165) is 75.9 Å². The quantitative estimate of drug-likeness (QED) is 0.441. The third-order valence-corrected chi connectivity index (χ3v) is 7.29. The Morgan fingerprint density at radius 2 is 1.91 bits per heavy atom. The number of hydrogen-bond acceptors (Lipinski definition) is 6. The fraction of sp³-hybridized carbons (Fsp3) is 0.556. The Kier molecular flexibility index (Phi) is 8.65. The fourth-order valence-electron chi connectivity index (χ4n) is 5.40. The van der Waals surface area contributed by atoms with Crippen LogP contribution in [0.15, 0.2) is 36.7 Å². The van der Waals surface area contributed by atoms with Crippen molar-refractivity contribution in [1.82, 2.24) is 24.8 Å². The molecular weight excluding hydrogens is 460 g/mol. The highest BCUT2D eigenvalue weighted by Crippen LogP contribution is 2.36. The normalized spacial score (nSPS) is 23.2. The van der Waals surface area contributed by atoms with E-state index in [-0.39, 0.29) is 18.5 Å². The fourth-order valence-corrected chi connectivity index (χ4v) is 5.40. The molecule has 1 aliphatic carbocycles. The Bertz CT molecular complexity index is 1090. The molecule has 1 aromatic carbocycles. The number of fused-ring (bicyclic) bond motifs is 1. The molecule has 1 aliphatic heterocycles. The summed E-state index contributed by atoms with van der Waals surface area (Å²) in [7, 11) is 0. The van der Waals surface area contributed by atoms with E-state index in [2.05, 4.69) is 69.4 Å². The van der Waals surface area contributed by atoms with Crippen LogP contribution in [0, 0.1) is 0 Å². The molecule has 2 aromatic heterocycles. The van der Waals surface area contributed by atoms with Crippen LogP contribution in [0.25, 0.3) is 22.2 Å². The van der Waals surface area contributed by atoms with Crippen LogP contribution >= 0.6 is 12.4 Å². The van der Waals surface area contributed by atoms with E-state index >= 15 is 0 Å². The van der Waals surface area contributed by atoms with Crippen molar-refractivity contribution in [2.45, 2.75) is 70.7 Å². The summed E-state index contributed by atoms with van der Waals surface area (Å²) in [6.45, 7) is 9.51. The number of aliphatic hydroxyl groups is 1. The molecule has 3 heterocycles. The lowest BCUT2D eigenvalue weighted by Gasteiger charge is -2.31. The number of nitrogens with one attached hydrogen (secondary N) is 2. The number of aromatic nitrogens is 3. The van der Waals surface area contributed by atoms with Crippen LogP contribution in [-0.4, -0.2) is 62.9 Å². The average molecular weight is 499 g/mol. The highest BCUT2D eigenvalue weighted by Gasteiger charge is 2.24. The standard InChI is InChI=1S/C27H38N6O.ClH/c1-3-12-29-27-30-15-24-25(18-33(26(24)31-27)22-8-10-23(34)11-9-22)21-6-4-20(5-7-21)17-32-14-13-28-19(2)16-32;/h4-7,15,18-19,22-23,28,34H,3,8-14,16-17H2,1-2H3,(H,29,30,31);1H/t19-,22?,23?;/m0./s1. The van der Waals surface area contributed by atoms with Gasteiger partial charge in [0.15, 0.2) is 0 Å². The molecule has 190 valence electrons. The van der Waals surface area contributed by atoms with Gasteiger partial charge in [0.25, 0.3) is 0 Å². The maximum atomic E-state index is 10.0. The van der Waals surface area contributed by atoms with E-state index in [4.69, 9.17) is 4.98 Å². The number of nitrogens with zero attached hydrogens (tertiary/aromatic N) is 4. The SMILES string of the molecule is CCCNc1ncc2c(-c3ccc(CN4CCN[C@@H](C)C4)cc3)cn(C3CCC(O)CC3)c2n1.Cl. The van der Waals surface area contributed by atoms with Gasteiger partial charge in [-0.1, -0.05) is 31.2 Å². The topological polar surface area (TPSA) is 78.2 Å². The van der Waals surface area contributed by atoms with Crippen molar-refractivity contribution >= 4 is 29.4 Å². The first-order chi connectivity index (χ1) is 16.6. The van der Waals surface area contributed by atoms with Crippen molar-refractivity contribution in [1.29, 1.82) is 0 Å². The van der Waals surface area contributed by atoms with E-state index in [1.165, 1.54) is 16.7 Å². The lowest BCUT2D eigenvalue weighted by Crippen LogP contribution is -2.48. The molecule has 2 aliphatic rings. The summed E-state index contributed by atoms with van der Waals surface area (Å²) in [5.74, 6) is 0.691. The molecule has 0 spiro atoms. The molecule has 5 rings (SSSR count). The van der Waals surface area contributed by atoms with Gasteiger partial charge in [-0.2, -0.15) is 4.98 Å². The minimum absolute atomic E-state index is 0. The Balaban J connectivity index is 0.00000289. The molecule has 3 aromatic rings. The van der Waals surface area contributed by atoms with Crippen LogP contribution in [0.2, 0.25) is 0 Å². The van der Waals surface area contributed by atoms with Crippen LogP contribution in [0.4, 0.5) is 5.95 Å². The molecule has 1 atom stereocenters. The lowest BCUT2D eigenvalue weighted by molar-refractivity contribution is 0.111. The zero-order valence-corrected chi connectivity index (χ0v) is 21.7. The van der Waals surface area contributed by atoms with Crippen LogP contribution in [0.3, 0.4) is 0 Å². The second kappa shape index (κ2) is 11.7. The molecule has 2 fully saturated rings. The monoisotopic (exact) mass is 498 g/mol. The van der Waals surface area contributed by atoms with E-state index in [1.807, 2.05) is 6.20 Å². The van der Waals surface area contributed by atoms with Crippen molar-refractivity contribution < 1.29 is 5.11 Å². The number of anilines is 1. The summed E-state index contributed by atoms with van der Waals surface area (Å²) in [4.78, 5) is 12.1. The Morgan fingerprint density at radius 3 is 2.63 bits per heavy atom. The molecule has 1 saturated heterocycles. The summed E-state index contributed by atoms with van der Waals surface area (Å²) in [6.07, 6.45) is 8.77. The maximum absolute atomic E-state index is 10.0. The van der Waals surface area contributed by atoms with Gasteiger partial charge >= 0.3 is 0 Å². The van der Waals surface area contributed by atoms with Gasteiger partial charge in [-0.25, -0.2) is 4.98 Å². The van der Waals surface area contributed by atoms with Gasteiger partial charge < -0.3 is 20.3 Å². The zero-order chi connectivity index (χ0) is 23.5. The van der Waals surface area contributed by atoms with Crippen molar-refractivity contribution in [3.63, 3.8) is 0 Å². The predicted octanol–water partition coefficient (Wildman–Crippen LogP) is 4.61. The maximum Gasteiger partial charge on any atom is 0.224 e. The highest BCUT2D eigenvalue weighted by atomic mass is 35.5. The molecule has 0 unspecified atom stereocenters. The Morgan fingerprint density at radius 1 is 1.14 bits per heavy atom. The van der Waals surface area contributed by atoms with Gasteiger partial charge in [0.05, 0.1) is 6.10 Å². The Labute approximate surface area is 214 Å². The molecule has 0 bridgehead atoms. The van der Waals surface area contributed by atoms with Crippen LogP contribution in [0.1, 0.15) is 57.6 Å². The molecule has 7 nitrogen and oxygen atoms in total. The molecular formula is C27H39ClN6O. The van der Waals surface area contributed by atoms with Crippen LogP contribution in [-0.2, 0) is 6.54 Å². The zero-order valence-electron chi connectivity index (χ0n) is 20.9. The van der Waals surface area contributed by atoms with Crippen molar-refractivity contribution in [2.75, 3.05) is 31.5 Å². The second-order valence-electron chi connectivity index (χ2n) is 10.1. The molecule has 35 heavy (non-hydrogen) atoms. The van der Waals surface area contributed by atoms with Gasteiger partial charge in [0, 0.05) is 68.2 Å². The first kappa shape index (κ1) is 25.9. The number of benzene rings is 1. The number of halogens is 1. The molecule has 3 N–H and O–H groups in total. The summed E-state index contributed by atoms with van der Waals surface area (Å²) in [5.41, 5.74) is 4.73. The minimum atomic E-state index is -0.167. The molecule has 8 heteroatoms. The van der Waals surface area contributed by atoms with Gasteiger partial charge in [-0.05, 0) is 50.2 Å². The third-order valence-electron chi connectivity index (χ3n) is 7.29. The number of hydrogen-bond donors (Lipinski definition) is 3. The third kappa shape index (κ3) is 5.97. The van der Waals surface area contributed by atoms with E-state index in [9.17, 15) is 5.11 Å². The number of aliphatic hydroxyl groups excluding tert-OH is 1.